The van der Waals surface area contributed by atoms with E-state index in [4.69, 9.17) is 0 Å². The Kier molecular flexibility index (Phi) is 7.16. The van der Waals surface area contributed by atoms with Crippen molar-refractivity contribution in [3.8, 4) is 6.07 Å². The van der Waals surface area contributed by atoms with E-state index in [1.165, 1.54) is 9.80 Å². The van der Waals surface area contributed by atoms with Crippen molar-refractivity contribution in [2.45, 2.75) is 77.8 Å². The quantitative estimate of drug-likeness (QED) is 0.503. The van der Waals surface area contributed by atoms with Crippen LogP contribution in [0.2, 0.25) is 0 Å². The molecule has 4 amide bonds. The fourth-order valence-electron chi connectivity index (χ4n) is 6.53. The minimum atomic E-state index is -1.25. The number of rotatable bonds is 6. The Balaban J connectivity index is 1.43. The van der Waals surface area contributed by atoms with Gasteiger partial charge >= 0.3 is 0 Å². The number of para-hydroxylation sites is 2. The fraction of sp³-hybridized carbons (Fsp3) is 0.485. The van der Waals surface area contributed by atoms with Crippen LogP contribution in [0.25, 0.3) is 0 Å². The van der Waals surface area contributed by atoms with Crippen molar-refractivity contribution >= 4 is 35.0 Å². The molecule has 3 atom stereocenters. The second-order valence-electron chi connectivity index (χ2n) is 13.4. The SMILES string of the molecule is Cc1cccc(C)c1NC(=O)C1(C(=O)N(C)[C@@H](CC(C)(C)C)C(=O)N2C[C@]3(C[C@H]2C#N)C(=O)Nc2ccccc23)CC1. The molecule has 2 N–H and O–H groups in total. The molecule has 2 fully saturated rings. The highest BCUT2D eigenvalue weighted by Crippen LogP contribution is 2.50. The fourth-order valence-corrected chi connectivity index (χ4v) is 6.53. The van der Waals surface area contributed by atoms with Crippen molar-refractivity contribution in [2.75, 3.05) is 24.2 Å². The number of likely N-dealkylation sites (tertiary alicyclic amines) is 1. The third kappa shape index (κ3) is 4.83. The molecule has 2 aliphatic heterocycles. The Morgan fingerprint density at radius 1 is 1.12 bits per heavy atom. The van der Waals surface area contributed by atoms with E-state index in [1.54, 1.807) is 7.05 Å². The van der Waals surface area contributed by atoms with E-state index >= 15 is 0 Å². The number of hydrogen-bond donors (Lipinski definition) is 2. The summed E-state index contributed by atoms with van der Waals surface area (Å²) in [4.78, 5) is 58.1. The molecule has 2 aromatic carbocycles. The van der Waals surface area contributed by atoms with E-state index in [1.807, 2.05) is 77.1 Å². The van der Waals surface area contributed by atoms with Crippen LogP contribution in [0, 0.1) is 36.0 Å². The van der Waals surface area contributed by atoms with Crippen LogP contribution in [-0.4, -0.2) is 59.1 Å². The van der Waals surface area contributed by atoms with Crippen molar-refractivity contribution < 1.29 is 19.2 Å². The van der Waals surface area contributed by atoms with Crippen LogP contribution in [0.3, 0.4) is 0 Å². The number of likely N-dealkylation sites (N-methyl/N-ethyl adjacent to an activating group) is 1. The first kappa shape index (κ1) is 29.3. The summed E-state index contributed by atoms with van der Waals surface area (Å²) in [5.41, 5.74) is 1.37. The third-order valence-electron chi connectivity index (χ3n) is 9.11. The number of anilines is 2. The number of fused-ring (bicyclic) bond motifs is 2. The van der Waals surface area contributed by atoms with Gasteiger partial charge in [-0.1, -0.05) is 57.2 Å². The van der Waals surface area contributed by atoms with Crippen LogP contribution in [0.4, 0.5) is 11.4 Å². The molecule has 220 valence electrons. The summed E-state index contributed by atoms with van der Waals surface area (Å²) in [7, 11) is 1.58. The first-order valence-electron chi connectivity index (χ1n) is 14.5. The molecule has 3 aliphatic rings. The number of hydrogen-bond acceptors (Lipinski definition) is 5. The van der Waals surface area contributed by atoms with E-state index < -0.39 is 28.8 Å². The van der Waals surface area contributed by atoms with Gasteiger partial charge < -0.3 is 20.4 Å². The second-order valence-corrected chi connectivity index (χ2v) is 13.4. The molecule has 42 heavy (non-hydrogen) atoms. The Bertz CT molecular complexity index is 1490. The summed E-state index contributed by atoms with van der Waals surface area (Å²) in [5, 5.41) is 16.0. The summed E-state index contributed by atoms with van der Waals surface area (Å²) in [5.74, 6) is -1.38. The monoisotopic (exact) mass is 569 g/mol. The van der Waals surface area contributed by atoms with Crippen LogP contribution in [-0.2, 0) is 24.6 Å². The first-order chi connectivity index (χ1) is 19.7. The normalized spacial score (nSPS) is 22.6. The van der Waals surface area contributed by atoms with E-state index in [0.717, 1.165) is 16.7 Å². The van der Waals surface area contributed by atoms with E-state index in [0.29, 0.717) is 30.6 Å². The van der Waals surface area contributed by atoms with Crippen molar-refractivity contribution in [1.82, 2.24) is 9.80 Å². The summed E-state index contributed by atoms with van der Waals surface area (Å²) in [6, 6.07) is 13.6. The lowest BCUT2D eigenvalue weighted by Gasteiger charge is -2.37. The van der Waals surface area contributed by atoms with E-state index in [-0.39, 0.29) is 36.1 Å². The first-order valence-corrected chi connectivity index (χ1v) is 14.5. The van der Waals surface area contributed by atoms with Gasteiger partial charge in [-0.15, -0.1) is 0 Å². The predicted molar refractivity (Wildman–Crippen MR) is 159 cm³/mol. The minimum absolute atomic E-state index is 0.0494. The lowest BCUT2D eigenvalue weighted by Crippen LogP contribution is -2.55. The Hall–Kier alpha value is -4.19. The molecular weight excluding hydrogens is 530 g/mol. The molecule has 5 rings (SSSR count). The van der Waals surface area contributed by atoms with Gasteiger partial charge in [-0.25, -0.2) is 0 Å². The zero-order chi connectivity index (χ0) is 30.6. The van der Waals surface area contributed by atoms with Gasteiger partial charge in [0.25, 0.3) is 0 Å². The number of benzene rings is 2. The lowest BCUT2D eigenvalue weighted by atomic mass is 9.80. The molecule has 0 unspecified atom stereocenters. The van der Waals surface area contributed by atoms with Crippen molar-refractivity contribution in [3.05, 3.63) is 59.2 Å². The van der Waals surface area contributed by atoms with Gasteiger partial charge in [-0.3, -0.25) is 19.2 Å². The molecule has 1 saturated heterocycles. The largest absolute Gasteiger partial charge is 0.333 e. The van der Waals surface area contributed by atoms with Crippen LogP contribution >= 0.6 is 0 Å². The summed E-state index contributed by atoms with van der Waals surface area (Å²) in [6.45, 7) is 9.82. The van der Waals surface area contributed by atoms with E-state index in [9.17, 15) is 24.4 Å². The Morgan fingerprint density at radius 3 is 2.36 bits per heavy atom. The summed E-state index contributed by atoms with van der Waals surface area (Å²) >= 11 is 0. The predicted octanol–water partition coefficient (Wildman–Crippen LogP) is 4.30. The Morgan fingerprint density at radius 2 is 1.76 bits per heavy atom. The van der Waals surface area contributed by atoms with Gasteiger partial charge in [0.05, 0.1) is 11.5 Å². The van der Waals surface area contributed by atoms with Gasteiger partial charge in [0.2, 0.25) is 23.6 Å². The maximum absolute atomic E-state index is 14.3. The molecule has 1 aliphatic carbocycles. The highest BCUT2D eigenvalue weighted by molar-refractivity contribution is 6.14. The topological polar surface area (TPSA) is 123 Å². The summed E-state index contributed by atoms with van der Waals surface area (Å²) in [6.07, 6.45) is 1.30. The maximum Gasteiger partial charge on any atom is 0.246 e. The average Bonchev–Trinajstić information content (AvgIpc) is 3.59. The van der Waals surface area contributed by atoms with Crippen molar-refractivity contribution in [1.29, 1.82) is 5.26 Å². The molecule has 1 spiro atoms. The number of carbonyl (C=O) groups is 4. The number of amides is 4. The number of aryl methyl sites for hydroxylation is 2. The van der Waals surface area contributed by atoms with Crippen LogP contribution in [0.15, 0.2) is 42.5 Å². The minimum Gasteiger partial charge on any atom is -0.333 e. The average molecular weight is 570 g/mol. The summed E-state index contributed by atoms with van der Waals surface area (Å²) < 4.78 is 0. The molecule has 1 saturated carbocycles. The van der Waals surface area contributed by atoms with E-state index in [2.05, 4.69) is 16.7 Å². The van der Waals surface area contributed by atoms with Gasteiger partial charge in [0, 0.05) is 31.4 Å². The standard InChI is InChI=1S/C33H39N5O4/c1-20-10-9-11-21(2)26(20)36-28(40)32(14-15-32)30(42)37(6)25(17-31(3,4)5)27(39)38-19-33(16-22(38)18-34)23-12-7-8-13-24(23)35-29(33)41/h7-13,22,25H,14-17,19H2,1-6H3,(H,35,41)(H,36,40)/t22-,25-,33-/m0/s1. The van der Waals surface area contributed by atoms with Crippen LogP contribution in [0.1, 0.15) is 63.1 Å². The molecule has 9 nitrogen and oxygen atoms in total. The van der Waals surface area contributed by atoms with Crippen molar-refractivity contribution in [2.24, 2.45) is 10.8 Å². The van der Waals surface area contributed by atoms with Crippen molar-refractivity contribution in [3.63, 3.8) is 0 Å². The lowest BCUT2D eigenvalue weighted by molar-refractivity contribution is -0.151. The molecule has 9 heteroatoms. The van der Waals surface area contributed by atoms with Gasteiger partial charge in [-0.2, -0.15) is 5.26 Å². The molecule has 2 aromatic rings. The zero-order valence-corrected chi connectivity index (χ0v) is 25.2. The Labute approximate surface area is 247 Å². The van der Waals surface area contributed by atoms with Crippen LogP contribution < -0.4 is 10.6 Å². The van der Waals surface area contributed by atoms with Gasteiger partial charge in [-0.05, 0) is 61.3 Å². The smallest absolute Gasteiger partial charge is 0.246 e. The second kappa shape index (κ2) is 10.3. The number of nitrogens with one attached hydrogen (secondary N) is 2. The number of nitriles is 1. The van der Waals surface area contributed by atoms with Crippen LogP contribution in [0.5, 0.6) is 0 Å². The maximum atomic E-state index is 14.3. The van der Waals surface area contributed by atoms with Gasteiger partial charge in [0.15, 0.2) is 0 Å². The third-order valence-corrected chi connectivity index (χ3v) is 9.11. The molecule has 0 radical (unpaired) electrons. The molecular formula is C33H39N5O4. The number of nitrogens with zero attached hydrogens (tertiary/aromatic N) is 3. The zero-order valence-electron chi connectivity index (χ0n) is 25.2. The molecule has 2 heterocycles. The highest BCUT2D eigenvalue weighted by Gasteiger charge is 2.60. The van der Waals surface area contributed by atoms with Gasteiger partial charge in [0.1, 0.15) is 17.5 Å². The highest BCUT2D eigenvalue weighted by atomic mass is 16.2. The molecule has 0 bridgehead atoms. The molecule has 0 aromatic heterocycles. The number of carbonyl (C=O) groups excluding carboxylic acids is 4.